The van der Waals surface area contributed by atoms with Gasteiger partial charge in [-0.3, -0.25) is 0 Å². The summed E-state index contributed by atoms with van der Waals surface area (Å²) in [6, 6.07) is 13.1. The standard InChI is InChI=1S/C19H23N3/c1-3-7-16(8-4-1)15-22-12-9-17-14-20-19(13-18(17)22)21-10-5-2-6-11-21/h1,3-4,7-8,13-14H,2,5-6,9-12,15H2. The molecule has 2 aliphatic rings. The summed E-state index contributed by atoms with van der Waals surface area (Å²) >= 11 is 0. The molecule has 4 rings (SSSR count). The normalized spacial score (nSPS) is 17.6. The Balaban J connectivity index is 1.57. The lowest BCUT2D eigenvalue weighted by atomic mass is 10.1. The van der Waals surface area contributed by atoms with Gasteiger partial charge in [0.25, 0.3) is 0 Å². The molecule has 3 heterocycles. The molecule has 2 aliphatic heterocycles. The van der Waals surface area contributed by atoms with Crippen molar-refractivity contribution in [3.05, 3.63) is 53.7 Å². The Morgan fingerprint density at radius 1 is 0.955 bits per heavy atom. The summed E-state index contributed by atoms with van der Waals surface area (Å²) < 4.78 is 0. The summed E-state index contributed by atoms with van der Waals surface area (Å²) in [5.41, 5.74) is 4.17. The number of pyridine rings is 1. The molecule has 0 radical (unpaired) electrons. The van der Waals surface area contributed by atoms with Crippen LogP contribution in [0.2, 0.25) is 0 Å². The molecule has 1 aromatic heterocycles. The number of rotatable bonds is 3. The molecule has 114 valence electrons. The summed E-state index contributed by atoms with van der Waals surface area (Å²) in [7, 11) is 0. The molecule has 2 aromatic rings. The van der Waals surface area contributed by atoms with Gasteiger partial charge < -0.3 is 9.80 Å². The van der Waals surface area contributed by atoms with Gasteiger partial charge in [-0.25, -0.2) is 4.98 Å². The number of benzene rings is 1. The maximum atomic E-state index is 4.71. The van der Waals surface area contributed by atoms with Gasteiger partial charge in [0, 0.05) is 44.1 Å². The highest BCUT2D eigenvalue weighted by Crippen LogP contribution is 2.32. The van der Waals surface area contributed by atoms with Gasteiger partial charge in [-0.05, 0) is 36.8 Å². The fraction of sp³-hybridized carbons (Fsp3) is 0.421. The third-order valence-corrected chi connectivity index (χ3v) is 4.84. The number of nitrogens with zero attached hydrogens (tertiary/aromatic N) is 3. The van der Waals surface area contributed by atoms with Crippen molar-refractivity contribution in [2.24, 2.45) is 0 Å². The van der Waals surface area contributed by atoms with E-state index in [1.165, 1.54) is 41.9 Å². The molecule has 1 saturated heterocycles. The van der Waals surface area contributed by atoms with Crippen molar-refractivity contribution in [3.8, 4) is 0 Å². The SMILES string of the molecule is c1ccc(CN2CCc3cnc(N4CCCCC4)cc32)cc1. The molecule has 0 atom stereocenters. The number of aromatic nitrogens is 1. The van der Waals surface area contributed by atoms with E-state index in [2.05, 4.69) is 52.4 Å². The minimum absolute atomic E-state index is 0.997. The zero-order chi connectivity index (χ0) is 14.8. The molecular formula is C19H23N3. The van der Waals surface area contributed by atoms with Crippen LogP contribution in [0.4, 0.5) is 11.5 Å². The zero-order valence-corrected chi connectivity index (χ0v) is 13.0. The van der Waals surface area contributed by atoms with Crippen LogP contribution in [0.1, 0.15) is 30.4 Å². The first-order valence-corrected chi connectivity index (χ1v) is 8.43. The minimum Gasteiger partial charge on any atom is -0.366 e. The van der Waals surface area contributed by atoms with Crippen LogP contribution >= 0.6 is 0 Å². The van der Waals surface area contributed by atoms with Gasteiger partial charge in [0.15, 0.2) is 0 Å². The fourth-order valence-electron chi connectivity index (χ4n) is 3.59. The van der Waals surface area contributed by atoms with Crippen molar-refractivity contribution in [2.45, 2.75) is 32.2 Å². The first-order valence-electron chi connectivity index (χ1n) is 8.43. The Morgan fingerprint density at radius 2 is 1.77 bits per heavy atom. The van der Waals surface area contributed by atoms with E-state index < -0.39 is 0 Å². The van der Waals surface area contributed by atoms with Crippen LogP contribution in [0.25, 0.3) is 0 Å². The molecule has 0 N–H and O–H groups in total. The van der Waals surface area contributed by atoms with Gasteiger partial charge in [0.2, 0.25) is 0 Å². The third kappa shape index (κ3) is 2.68. The second-order valence-corrected chi connectivity index (χ2v) is 6.38. The van der Waals surface area contributed by atoms with Crippen LogP contribution in [0, 0.1) is 0 Å². The molecule has 0 bridgehead atoms. The molecule has 1 fully saturated rings. The van der Waals surface area contributed by atoms with Crippen molar-refractivity contribution in [1.29, 1.82) is 0 Å². The van der Waals surface area contributed by atoms with E-state index >= 15 is 0 Å². The zero-order valence-electron chi connectivity index (χ0n) is 13.0. The molecule has 0 aliphatic carbocycles. The van der Waals surface area contributed by atoms with Crippen molar-refractivity contribution < 1.29 is 0 Å². The highest BCUT2D eigenvalue weighted by Gasteiger charge is 2.22. The van der Waals surface area contributed by atoms with E-state index in [1.807, 2.05) is 0 Å². The predicted molar refractivity (Wildman–Crippen MR) is 91.5 cm³/mol. The van der Waals surface area contributed by atoms with E-state index in [9.17, 15) is 0 Å². The summed E-state index contributed by atoms with van der Waals surface area (Å²) in [5, 5.41) is 0. The molecule has 0 saturated carbocycles. The lowest BCUT2D eigenvalue weighted by molar-refractivity contribution is 0.573. The van der Waals surface area contributed by atoms with E-state index in [-0.39, 0.29) is 0 Å². The average molecular weight is 293 g/mol. The summed E-state index contributed by atoms with van der Waals surface area (Å²) in [4.78, 5) is 9.66. The Labute approximate surface area is 132 Å². The van der Waals surface area contributed by atoms with Crippen molar-refractivity contribution in [3.63, 3.8) is 0 Å². The Bertz CT molecular complexity index is 632. The molecule has 0 unspecified atom stereocenters. The number of fused-ring (bicyclic) bond motifs is 1. The van der Waals surface area contributed by atoms with Gasteiger partial charge in [-0.15, -0.1) is 0 Å². The lowest BCUT2D eigenvalue weighted by Crippen LogP contribution is -2.30. The highest BCUT2D eigenvalue weighted by molar-refractivity contribution is 5.63. The molecular weight excluding hydrogens is 270 g/mol. The van der Waals surface area contributed by atoms with Crippen LogP contribution in [0.5, 0.6) is 0 Å². The quantitative estimate of drug-likeness (QED) is 0.861. The molecule has 3 nitrogen and oxygen atoms in total. The Morgan fingerprint density at radius 3 is 2.59 bits per heavy atom. The fourth-order valence-corrected chi connectivity index (χ4v) is 3.59. The number of hydrogen-bond acceptors (Lipinski definition) is 3. The monoisotopic (exact) mass is 293 g/mol. The molecule has 1 aromatic carbocycles. The molecule has 3 heteroatoms. The summed E-state index contributed by atoms with van der Waals surface area (Å²) in [6.07, 6.45) is 7.18. The Hall–Kier alpha value is -2.03. The van der Waals surface area contributed by atoms with Gasteiger partial charge in [-0.2, -0.15) is 0 Å². The third-order valence-electron chi connectivity index (χ3n) is 4.84. The van der Waals surface area contributed by atoms with E-state index in [0.29, 0.717) is 0 Å². The maximum Gasteiger partial charge on any atom is 0.130 e. The van der Waals surface area contributed by atoms with Crippen LogP contribution in [-0.2, 0) is 13.0 Å². The van der Waals surface area contributed by atoms with Crippen LogP contribution in [-0.4, -0.2) is 24.6 Å². The summed E-state index contributed by atoms with van der Waals surface area (Å²) in [6.45, 7) is 4.42. The van der Waals surface area contributed by atoms with Crippen molar-refractivity contribution in [1.82, 2.24) is 4.98 Å². The van der Waals surface area contributed by atoms with E-state index in [1.54, 1.807) is 0 Å². The minimum atomic E-state index is 0.997. The molecule has 22 heavy (non-hydrogen) atoms. The largest absolute Gasteiger partial charge is 0.366 e. The van der Waals surface area contributed by atoms with Gasteiger partial charge in [-0.1, -0.05) is 30.3 Å². The average Bonchev–Trinajstić information content (AvgIpc) is 2.99. The lowest BCUT2D eigenvalue weighted by Gasteiger charge is -2.29. The number of hydrogen-bond donors (Lipinski definition) is 0. The Kier molecular flexibility index (Phi) is 3.71. The maximum absolute atomic E-state index is 4.71. The van der Waals surface area contributed by atoms with E-state index in [0.717, 1.165) is 32.6 Å². The molecule has 0 spiro atoms. The van der Waals surface area contributed by atoms with Gasteiger partial charge in [0.1, 0.15) is 5.82 Å². The van der Waals surface area contributed by atoms with E-state index in [4.69, 9.17) is 4.98 Å². The van der Waals surface area contributed by atoms with Crippen molar-refractivity contribution in [2.75, 3.05) is 29.4 Å². The first-order chi connectivity index (χ1) is 10.9. The van der Waals surface area contributed by atoms with Gasteiger partial charge >= 0.3 is 0 Å². The number of piperidine rings is 1. The number of anilines is 2. The first kappa shape index (κ1) is 13.6. The van der Waals surface area contributed by atoms with Crippen molar-refractivity contribution >= 4 is 11.5 Å². The van der Waals surface area contributed by atoms with Crippen LogP contribution < -0.4 is 9.80 Å². The predicted octanol–water partition coefficient (Wildman–Crippen LogP) is 3.63. The molecule has 0 amide bonds. The van der Waals surface area contributed by atoms with Gasteiger partial charge in [0.05, 0.1) is 0 Å². The topological polar surface area (TPSA) is 19.4 Å². The smallest absolute Gasteiger partial charge is 0.130 e. The van der Waals surface area contributed by atoms with Crippen LogP contribution in [0.15, 0.2) is 42.6 Å². The van der Waals surface area contributed by atoms with Crippen LogP contribution in [0.3, 0.4) is 0 Å². The highest BCUT2D eigenvalue weighted by atomic mass is 15.2. The second-order valence-electron chi connectivity index (χ2n) is 6.38. The second kappa shape index (κ2) is 5.99. The summed E-state index contributed by atoms with van der Waals surface area (Å²) in [5.74, 6) is 1.17.